The first kappa shape index (κ1) is 22.8. The van der Waals surface area contributed by atoms with Crippen LogP contribution >= 0.6 is 24.2 Å². The number of nitro groups is 1. The fourth-order valence-corrected chi connectivity index (χ4v) is 4.66. The second-order valence-corrected chi connectivity index (χ2v) is 8.08. The van der Waals surface area contributed by atoms with Gasteiger partial charge in [0.25, 0.3) is 5.69 Å². The van der Waals surface area contributed by atoms with Gasteiger partial charge in [-0.05, 0) is 43.7 Å². The Morgan fingerprint density at radius 1 is 1.35 bits per heavy atom. The van der Waals surface area contributed by atoms with Gasteiger partial charge in [0, 0.05) is 30.0 Å². The zero-order chi connectivity index (χ0) is 18.6. The average molecular weight is 400 g/mol. The van der Waals surface area contributed by atoms with Crippen molar-refractivity contribution in [3.8, 4) is 0 Å². The van der Waals surface area contributed by atoms with Crippen molar-refractivity contribution in [2.45, 2.75) is 66.0 Å². The molecule has 26 heavy (non-hydrogen) atoms. The molecule has 0 bridgehead atoms. The number of aryl methyl sites for hydroxylation is 1. The molecule has 0 saturated carbocycles. The van der Waals surface area contributed by atoms with E-state index in [1.807, 2.05) is 18.7 Å². The first-order chi connectivity index (χ1) is 11.9. The summed E-state index contributed by atoms with van der Waals surface area (Å²) in [5.74, 6) is 1.72. The molecule has 0 radical (unpaired) electrons. The molecule has 1 aliphatic heterocycles. The Labute approximate surface area is 167 Å². The highest BCUT2D eigenvalue weighted by Crippen LogP contribution is 2.34. The summed E-state index contributed by atoms with van der Waals surface area (Å²) in [5.41, 5.74) is 1.79. The van der Waals surface area contributed by atoms with Crippen LogP contribution in [0.15, 0.2) is 23.2 Å². The maximum atomic E-state index is 10.9. The van der Waals surface area contributed by atoms with Crippen LogP contribution in [-0.2, 0) is 0 Å². The summed E-state index contributed by atoms with van der Waals surface area (Å²) >= 11 is 1.82. The molecule has 1 aromatic rings. The Morgan fingerprint density at radius 3 is 2.50 bits per heavy atom. The van der Waals surface area contributed by atoms with Gasteiger partial charge in [-0.3, -0.25) is 10.1 Å². The number of thioether (sulfide) groups is 1. The van der Waals surface area contributed by atoms with E-state index in [0.717, 1.165) is 35.0 Å². The van der Waals surface area contributed by atoms with Crippen molar-refractivity contribution in [2.75, 3.05) is 5.75 Å². The minimum absolute atomic E-state index is 0. The first-order valence-corrected chi connectivity index (χ1v) is 10.1. The van der Waals surface area contributed by atoms with Crippen LogP contribution in [0.25, 0.3) is 0 Å². The van der Waals surface area contributed by atoms with Gasteiger partial charge < -0.3 is 4.90 Å². The molecule has 1 heterocycles. The van der Waals surface area contributed by atoms with Gasteiger partial charge in [-0.25, -0.2) is 4.99 Å². The molecule has 1 aliphatic rings. The average Bonchev–Trinajstić information content (AvgIpc) is 2.92. The number of aliphatic imine (C=N–C) groups is 1. The predicted molar refractivity (Wildman–Crippen MR) is 114 cm³/mol. The van der Waals surface area contributed by atoms with Crippen LogP contribution in [0, 0.1) is 23.0 Å². The van der Waals surface area contributed by atoms with Gasteiger partial charge in [0.15, 0.2) is 5.17 Å². The number of rotatable bonds is 7. The van der Waals surface area contributed by atoms with Gasteiger partial charge in [-0.15, -0.1) is 12.4 Å². The molecular weight excluding hydrogens is 370 g/mol. The lowest BCUT2D eigenvalue weighted by atomic mass is 10.0. The van der Waals surface area contributed by atoms with Crippen LogP contribution in [0.5, 0.6) is 0 Å². The molecule has 2 rings (SSSR count). The molecule has 0 N–H and O–H groups in total. The number of non-ortho nitro benzene ring substituents is 1. The maximum absolute atomic E-state index is 10.9. The lowest BCUT2D eigenvalue weighted by Crippen LogP contribution is -2.42. The Morgan fingerprint density at radius 2 is 2.00 bits per heavy atom. The lowest BCUT2D eigenvalue weighted by molar-refractivity contribution is -0.384. The summed E-state index contributed by atoms with van der Waals surface area (Å²) in [7, 11) is 0. The molecular formula is C19H30ClN3O2S. The molecule has 0 unspecified atom stereocenters. The second-order valence-electron chi connectivity index (χ2n) is 7.09. The van der Waals surface area contributed by atoms with E-state index in [-0.39, 0.29) is 23.0 Å². The monoisotopic (exact) mass is 399 g/mol. The lowest BCUT2D eigenvalue weighted by Gasteiger charge is -2.34. The number of hydrogen-bond donors (Lipinski definition) is 0. The van der Waals surface area contributed by atoms with Crippen molar-refractivity contribution in [3.63, 3.8) is 0 Å². The molecule has 1 saturated heterocycles. The van der Waals surface area contributed by atoms with Crippen LogP contribution in [0.4, 0.5) is 11.4 Å². The van der Waals surface area contributed by atoms with Crippen LogP contribution in [0.1, 0.15) is 52.5 Å². The molecule has 146 valence electrons. The zero-order valence-corrected chi connectivity index (χ0v) is 17.9. The maximum Gasteiger partial charge on any atom is 0.269 e. The highest BCUT2D eigenvalue weighted by atomic mass is 35.5. The van der Waals surface area contributed by atoms with E-state index >= 15 is 0 Å². The number of benzene rings is 1. The molecule has 1 aromatic carbocycles. The quantitative estimate of drug-likeness (QED) is 0.419. The first-order valence-electron chi connectivity index (χ1n) is 9.12. The van der Waals surface area contributed by atoms with Crippen molar-refractivity contribution < 1.29 is 4.92 Å². The predicted octanol–water partition coefficient (Wildman–Crippen LogP) is 5.96. The SMILES string of the molecule is CCC(CC)N1C(=Nc2ccc([N+](=O)[O-])cc2C)SC[C@@H]1CC(C)C.Cl. The van der Waals surface area contributed by atoms with Crippen molar-refractivity contribution in [1.82, 2.24) is 4.90 Å². The second kappa shape index (κ2) is 10.2. The van der Waals surface area contributed by atoms with E-state index in [4.69, 9.17) is 4.99 Å². The Hall–Kier alpha value is -1.27. The van der Waals surface area contributed by atoms with E-state index in [0.29, 0.717) is 18.0 Å². The number of halogens is 1. The van der Waals surface area contributed by atoms with E-state index in [1.165, 1.54) is 6.42 Å². The summed E-state index contributed by atoms with van der Waals surface area (Å²) in [6.07, 6.45) is 3.37. The summed E-state index contributed by atoms with van der Waals surface area (Å²) in [5, 5.41) is 12.0. The van der Waals surface area contributed by atoms with Crippen LogP contribution < -0.4 is 0 Å². The third-order valence-electron chi connectivity index (χ3n) is 4.71. The largest absolute Gasteiger partial charge is 0.344 e. The highest BCUT2D eigenvalue weighted by Gasteiger charge is 2.34. The minimum Gasteiger partial charge on any atom is -0.344 e. The normalized spacial score (nSPS) is 18.7. The van der Waals surface area contributed by atoms with E-state index < -0.39 is 0 Å². The standard InChI is InChI=1S/C19H29N3O2S.ClH/c1-6-15(7-2)21-17(10-13(3)4)12-25-19(21)20-18-9-8-16(22(23)24)11-14(18)5;/h8-9,11,13,15,17H,6-7,10,12H2,1-5H3;1H/t17-;/m0./s1. The molecule has 1 fully saturated rings. The van der Waals surface area contributed by atoms with Crippen LogP contribution in [-0.4, -0.2) is 32.8 Å². The molecule has 0 spiro atoms. The molecule has 0 aliphatic carbocycles. The summed E-state index contributed by atoms with van der Waals surface area (Å²) in [6.45, 7) is 10.9. The smallest absolute Gasteiger partial charge is 0.269 e. The summed E-state index contributed by atoms with van der Waals surface area (Å²) < 4.78 is 0. The number of nitro benzene ring substituents is 1. The van der Waals surface area contributed by atoms with Gasteiger partial charge in [0.1, 0.15) is 0 Å². The van der Waals surface area contributed by atoms with Gasteiger partial charge >= 0.3 is 0 Å². The number of hydrogen-bond acceptors (Lipinski definition) is 4. The van der Waals surface area contributed by atoms with E-state index in [2.05, 4.69) is 32.6 Å². The third kappa shape index (κ3) is 5.36. The Balaban J connectivity index is 0.00000338. The van der Waals surface area contributed by atoms with Gasteiger partial charge in [-0.2, -0.15) is 0 Å². The van der Waals surface area contributed by atoms with E-state index in [1.54, 1.807) is 18.2 Å². The molecule has 0 aromatic heterocycles. The molecule has 5 nitrogen and oxygen atoms in total. The van der Waals surface area contributed by atoms with Crippen LogP contribution in [0.3, 0.4) is 0 Å². The van der Waals surface area contributed by atoms with E-state index in [9.17, 15) is 10.1 Å². The fraction of sp³-hybridized carbons (Fsp3) is 0.632. The van der Waals surface area contributed by atoms with Crippen molar-refractivity contribution >= 4 is 40.7 Å². The number of nitrogens with zero attached hydrogens (tertiary/aromatic N) is 3. The zero-order valence-electron chi connectivity index (χ0n) is 16.3. The summed E-state index contributed by atoms with van der Waals surface area (Å²) in [6, 6.07) is 5.93. The van der Waals surface area contributed by atoms with Gasteiger partial charge in [-0.1, -0.05) is 39.5 Å². The minimum atomic E-state index is -0.358. The molecule has 7 heteroatoms. The van der Waals surface area contributed by atoms with Crippen LogP contribution in [0.2, 0.25) is 0 Å². The molecule has 1 atom stereocenters. The fourth-order valence-electron chi connectivity index (χ4n) is 3.42. The third-order valence-corrected chi connectivity index (χ3v) is 5.82. The summed E-state index contributed by atoms with van der Waals surface area (Å²) in [4.78, 5) is 18.0. The van der Waals surface area contributed by atoms with Gasteiger partial charge in [0.05, 0.1) is 10.6 Å². The topological polar surface area (TPSA) is 58.7 Å². The Kier molecular flexibility index (Phi) is 8.90. The van der Waals surface area contributed by atoms with Gasteiger partial charge in [0.2, 0.25) is 0 Å². The van der Waals surface area contributed by atoms with Crippen molar-refractivity contribution in [2.24, 2.45) is 10.9 Å². The number of amidine groups is 1. The van der Waals surface area contributed by atoms with Crippen molar-refractivity contribution in [3.05, 3.63) is 33.9 Å². The highest BCUT2D eigenvalue weighted by molar-refractivity contribution is 8.14. The molecule has 0 amide bonds. The Bertz CT molecular complexity index is 648. The van der Waals surface area contributed by atoms with Crippen molar-refractivity contribution in [1.29, 1.82) is 0 Å².